The van der Waals surface area contributed by atoms with Crippen LogP contribution >= 0.6 is 0 Å². The Morgan fingerprint density at radius 3 is 2.71 bits per heavy atom. The third-order valence-corrected chi connectivity index (χ3v) is 4.96. The Kier molecular flexibility index (Phi) is 5.58. The van der Waals surface area contributed by atoms with Crippen molar-refractivity contribution in [2.45, 2.75) is 39.8 Å². The van der Waals surface area contributed by atoms with Crippen molar-refractivity contribution in [1.82, 2.24) is 9.97 Å². The molecule has 1 aliphatic rings. The molecule has 2 aromatic rings. The van der Waals surface area contributed by atoms with Crippen LogP contribution in [0.3, 0.4) is 0 Å². The van der Waals surface area contributed by atoms with Crippen LogP contribution in [0.1, 0.15) is 35.4 Å². The lowest BCUT2D eigenvalue weighted by atomic mass is 9.96. The summed E-state index contributed by atoms with van der Waals surface area (Å²) < 4.78 is 39.9. The van der Waals surface area contributed by atoms with Crippen molar-refractivity contribution in [3.63, 3.8) is 0 Å². The number of pyridine rings is 2. The molecule has 0 radical (unpaired) electrons. The molecule has 0 aromatic carbocycles. The number of piperidine rings is 1. The van der Waals surface area contributed by atoms with E-state index in [0.717, 1.165) is 23.0 Å². The minimum absolute atomic E-state index is 0.114. The first kappa shape index (κ1) is 20.1. The number of nitrogens with one attached hydrogen (secondary N) is 1. The van der Waals surface area contributed by atoms with Gasteiger partial charge >= 0.3 is 6.18 Å². The van der Waals surface area contributed by atoms with E-state index < -0.39 is 17.7 Å². The van der Waals surface area contributed by atoms with Gasteiger partial charge in [0.1, 0.15) is 5.82 Å². The molecule has 0 saturated carbocycles. The molecule has 150 valence electrons. The Hall–Kier alpha value is -2.64. The molecule has 3 heterocycles. The number of halogens is 3. The van der Waals surface area contributed by atoms with E-state index in [0.29, 0.717) is 25.1 Å². The van der Waals surface area contributed by atoms with E-state index >= 15 is 0 Å². The van der Waals surface area contributed by atoms with Gasteiger partial charge in [-0.2, -0.15) is 13.2 Å². The Morgan fingerprint density at radius 2 is 2.04 bits per heavy atom. The summed E-state index contributed by atoms with van der Waals surface area (Å²) in [4.78, 5) is 22.7. The third-order valence-electron chi connectivity index (χ3n) is 4.96. The summed E-state index contributed by atoms with van der Waals surface area (Å²) in [6, 6.07) is 4.19. The zero-order chi connectivity index (χ0) is 20.5. The SMILES string of the molecule is Cc1cc(C)c(NC(=O)C2CCCN(c3ncccc3C(F)(F)F)C2)c(C)n1. The highest BCUT2D eigenvalue weighted by Gasteiger charge is 2.37. The second-order valence-corrected chi connectivity index (χ2v) is 7.19. The van der Waals surface area contributed by atoms with Crippen LogP contribution in [0.25, 0.3) is 0 Å². The number of anilines is 2. The molecule has 5 nitrogen and oxygen atoms in total. The van der Waals surface area contributed by atoms with Crippen molar-refractivity contribution in [2.24, 2.45) is 5.92 Å². The van der Waals surface area contributed by atoms with E-state index in [4.69, 9.17) is 0 Å². The fraction of sp³-hybridized carbons (Fsp3) is 0.450. The molecule has 3 rings (SSSR count). The van der Waals surface area contributed by atoms with Crippen molar-refractivity contribution < 1.29 is 18.0 Å². The number of aromatic nitrogens is 2. The lowest BCUT2D eigenvalue weighted by Crippen LogP contribution is -2.42. The summed E-state index contributed by atoms with van der Waals surface area (Å²) in [5, 5.41) is 2.92. The molecular weight excluding hydrogens is 369 g/mol. The maximum absolute atomic E-state index is 13.3. The Morgan fingerprint density at radius 1 is 1.29 bits per heavy atom. The molecule has 1 saturated heterocycles. The molecular formula is C20H23F3N4O. The molecule has 1 N–H and O–H groups in total. The monoisotopic (exact) mass is 392 g/mol. The van der Waals surface area contributed by atoms with Crippen LogP contribution in [0.4, 0.5) is 24.7 Å². The standard InChI is InChI=1S/C20H23F3N4O/c1-12-10-13(2)25-14(3)17(12)26-19(28)15-6-5-9-27(11-15)18-16(20(21,22)23)7-4-8-24-18/h4,7-8,10,15H,5-6,9,11H2,1-3H3,(H,26,28). The van der Waals surface area contributed by atoms with Crippen molar-refractivity contribution in [3.05, 3.63) is 46.9 Å². The number of carbonyl (C=O) groups excluding carboxylic acids is 1. The van der Waals surface area contributed by atoms with Gasteiger partial charge in [0.05, 0.1) is 22.9 Å². The fourth-order valence-electron chi connectivity index (χ4n) is 3.69. The van der Waals surface area contributed by atoms with Crippen molar-refractivity contribution >= 4 is 17.4 Å². The predicted molar refractivity (Wildman–Crippen MR) is 101 cm³/mol. The summed E-state index contributed by atoms with van der Waals surface area (Å²) in [5.41, 5.74) is 2.40. The van der Waals surface area contributed by atoms with Gasteiger partial charge in [-0.3, -0.25) is 9.78 Å². The minimum Gasteiger partial charge on any atom is -0.355 e. The van der Waals surface area contributed by atoms with Crippen LogP contribution in [0.5, 0.6) is 0 Å². The Balaban J connectivity index is 1.78. The van der Waals surface area contributed by atoms with Gasteiger partial charge in [-0.25, -0.2) is 4.98 Å². The van der Waals surface area contributed by atoms with E-state index in [1.807, 2.05) is 26.8 Å². The largest absolute Gasteiger partial charge is 0.419 e. The van der Waals surface area contributed by atoms with Gasteiger partial charge in [-0.05, 0) is 57.4 Å². The van der Waals surface area contributed by atoms with E-state index in [2.05, 4.69) is 15.3 Å². The number of nitrogens with zero attached hydrogens (tertiary/aromatic N) is 3. The van der Waals surface area contributed by atoms with Crippen LogP contribution < -0.4 is 10.2 Å². The maximum atomic E-state index is 13.3. The number of hydrogen-bond donors (Lipinski definition) is 1. The molecule has 0 spiro atoms. The molecule has 28 heavy (non-hydrogen) atoms. The average Bonchev–Trinajstić information content (AvgIpc) is 2.64. The van der Waals surface area contributed by atoms with E-state index in [-0.39, 0.29) is 18.3 Å². The molecule has 1 aliphatic heterocycles. The number of alkyl halides is 3. The van der Waals surface area contributed by atoms with Crippen LogP contribution in [-0.2, 0) is 11.0 Å². The number of rotatable bonds is 3. The average molecular weight is 392 g/mol. The Labute approximate surface area is 162 Å². The van der Waals surface area contributed by atoms with Crippen LogP contribution in [-0.4, -0.2) is 29.0 Å². The molecule has 0 aliphatic carbocycles. The second-order valence-electron chi connectivity index (χ2n) is 7.19. The molecule has 1 unspecified atom stereocenters. The van der Waals surface area contributed by atoms with Gasteiger partial charge in [-0.15, -0.1) is 0 Å². The lowest BCUT2D eigenvalue weighted by Gasteiger charge is -2.34. The maximum Gasteiger partial charge on any atom is 0.419 e. The van der Waals surface area contributed by atoms with Crippen LogP contribution in [0, 0.1) is 26.7 Å². The summed E-state index contributed by atoms with van der Waals surface area (Å²) in [5.74, 6) is -0.736. The number of hydrogen-bond acceptors (Lipinski definition) is 4. The third kappa shape index (κ3) is 4.26. The highest BCUT2D eigenvalue weighted by molar-refractivity contribution is 5.94. The summed E-state index contributed by atoms with van der Waals surface area (Å²) in [6.07, 6.45) is -1.90. The van der Waals surface area contributed by atoms with Crippen LogP contribution in [0.15, 0.2) is 24.4 Å². The minimum atomic E-state index is -4.49. The lowest BCUT2D eigenvalue weighted by molar-refractivity contribution is -0.137. The molecule has 8 heteroatoms. The topological polar surface area (TPSA) is 58.1 Å². The summed E-state index contributed by atoms with van der Waals surface area (Å²) >= 11 is 0. The van der Waals surface area contributed by atoms with Crippen molar-refractivity contribution in [1.29, 1.82) is 0 Å². The Bertz CT molecular complexity index is 859. The highest BCUT2D eigenvalue weighted by Crippen LogP contribution is 2.36. The molecule has 1 fully saturated rings. The first-order chi connectivity index (χ1) is 13.2. The summed E-state index contributed by atoms with van der Waals surface area (Å²) in [7, 11) is 0. The van der Waals surface area contributed by atoms with E-state index in [9.17, 15) is 18.0 Å². The normalized spacial score (nSPS) is 17.5. The van der Waals surface area contributed by atoms with Gasteiger partial charge in [0.25, 0.3) is 0 Å². The van der Waals surface area contributed by atoms with E-state index in [1.165, 1.54) is 12.3 Å². The molecule has 2 aromatic heterocycles. The summed E-state index contributed by atoms with van der Waals surface area (Å²) in [6.45, 7) is 6.24. The quantitative estimate of drug-likeness (QED) is 0.847. The molecule has 1 atom stereocenters. The van der Waals surface area contributed by atoms with Gasteiger partial charge < -0.3 is 10.2 Å². The van der Waals surface area contributed by atoms with E-state index in [1.54, 1.807) is 4.90 Å². The first-order valence-electron chi connectivity index (χ1n) is 9.19. The van der Waals surface area contributed by atoms with Gasteiger partial charge in [-0.1, -0.05) is 0 Å². The van der Waals surface area contributed by atoms with Crippen molar-refractivity contribution in [3.8, 4) is 0 Å². The number of aryl methyl sites for hydroxylation is 3. The predicted octanol–water partition coefficient (Wildman–Crippen LogP) is 4.28. The van der Waals surface area contributed by atoms with Crippen molar-refractivity contribution in [2.75, 3.05) is 23.3 Å². The van der Waals surface area contributed by atoms with Gasteiger partial charge in [0.2, 0.25) is 5.91 Å². The van der Waals surface area contributed by atoms with Gasteiger partial charge in [0.15, 0.2) is 0 Å². The molecule has 1 amide bonds. The zero-order valence-electron chi connectivity index (χ0n) is 16.1. The smallest absolute Gasteiger partial charge is 0.355 e. The van der Waals surface area contributed by atoms with Gasteiger partial charge in [0, 0.05) is 25.0 Å². The number of amides is 1. The first-order valence-corrected chi connectivity index (χ1v) is 9.19. The highest BCUT2D eigenvalue weighted by atomic mass is 19.4. The molecule has 0 bridgehead atoms. The van der Waals surface area contributed by atoms with Crippen LogP contribution in [0.2, 0.25) is 0 Å². The fourth-order valence-corrected chi connectivity index (χ4v) is 3.69. The second kappa shape index (κ2) is 7.77. The zero-order valence-corrected chi connectivity index (χ0v) is 16.1. The number of carbonyl (C=O) groups is 1.